The molecule has 8 nitrogen and oxygen atoms in total. The second-order valence-electron chi connectivity index (χ2n) is 8.54. The highest BCUT2D eigenvalue weighted by molar-refractivity contribution is 7.80. The van der Waals surface area contributed by atoms with E-state index in [2.05, 4.69) is 10.3 Å². The van der Waals surface area contributed by atoms with Gasteiger partial charge >= 0.3 is 11.9 Å². The van der Waals surface area contributed by atoms with E-state index in [0.717, 1.165) is 6.07 Å². The third-order valence-corrected chi connectivity index (χ3v) is 6.46. The zero-order valence-corrected chi connectivity index (χ0v) is 20.2. The number of carboxylic acid groups (broad SMARTS) is 2. The topological polar surface area (TPSA) is 116 Å². The van der Waals surface area contributed by atoms with Crippen LogP contribution in [0, 0.1) is 12.7 Å². The van der Waals surface area contributed by atoms with Crippen molar-refractivity contribution in [3.8, 4) is 11.3 Å². The summed E-state index contributed by atoms with van der Waals surface area (Å²) in [6.45, 7) is 1.66. The Morgan fingerprint density at radius 1 is 1.03 bits per heavy atom. The number of hydrogen-bond acceptors (Lipinski definition) is 5. The van der Waals surface area contributed by atoms with Gasteiger partial charge in [-0.05, 0) is 85.4 Å². The number of halogens is 1. The van der Waals surface area contributed by atoms with Gasteiger partial charge in [-0.2, -0.15) is 0 Å². The molecule has 1 fully saturated rings. The van der Waals surface area contributed by atoms with Crippen molar-refractivity contribution in [3.63, 3.8) is 0 Å². The number of pyridine rings is 1. The maximum atomic E-state index is 14.0. The van der Waals surface area contributed by atoms with Gasteiger partial charge in [0, 0.05) is 17.4 Å². The summed E-state index contributed by atoms with van der Waals surface area (Å²) in [5.74, 6) is -2.09. The molecule has 0 saturated carbocycles. The van der Waals surface area contributed by atoms with E-state index in [1.54, 1.807) is 43.5 Å². The lowest BCUT2D eigenvalue weighted by atomic mass is 10.0. The molecule has 10 heteroatoms. The molecule has 1 saturated heterocycles. The van der Waals surface area contributed by atoms with Crippen LogP contribution >= 0.6 is 12.2 Å². The summed E-state index contributed by atoms with van der Waals surface area (Å²) in [5, 5.41) is 22.6. The zero-order chi connectivity index (χ0) is 26.3. The summed E-state index contributed by atoms with van der Waals surface area (Å²) in [6, 6.07) is 16.4. The van der Waals surface area contributed by atoms with Crippen molar-refractivity contribution in [2.75, 3.05) is 4.90 Å². The number of rotatable bonds is 6. The van der Waals surface area contributed by atoms with Gasteiger partial charge in [0.2, 0.25) is 0 Å². The van der Waals surface area contributed by atoms with E-state index in [4.69, 9.17) is 16.6 Å². The lowest BCUT2D eigenvalue weighted by Crippen LogP contribution is -2.29. The van der Waals surface area contributed by atoms with Crippen LogP contribution in [0.25, 0.3) is 11.3 Å². The van der Waals surface area contributed by atoms with Crippen molar-refractivity contribution in [2.24, 2.45) is 0 Å². The predicted octanol–water partition coefficient (Wildman–Crippen LogP) is 5.36. The molecule has 186 valence electrons. The van der Waals surface area contributed by atoms with Crippen LogP contribution in [0.3, 0.4) is 0 Å². The van der Waals surface area contributed by atoms with Crippen LogP contribution in [0.1, 0.15) is 49.8 Å². The number of nitrogens with zero attached hydrogens (tertiary/aromatic N) is 2. The Labute approximate surface area is 216 Å². The van der Waals surface area contributed by atoms with Crippen molar-refractivity contribution in [3.05, 3.63) is 107 Å². The highest BCUT2D eigenvalue weighted by Gasteiger charge is 2.42. The Hall–Kier alpha value is -4.57. The summed E-state index contributed by atoms with van der Waals surface area (Å²) in [6.07, 6.45) is 1.67. The van der Waals surface area contributed by atoms with E-state index in [1.165, 1.54) is 18.2 Å². The Morgan fingerprint density at radius 2 is 1.76 bits per heavy atom. The number of carbonyl (C=O) groups is 2. The van der Waals surface area contributed by atoms with Gasteiger partial charge in [-0.15, -0.1) is 0 Å². The second kappa shape index (κ2) is 9.47. The third-order valence-electron chi connectivity index (χ3n) is 6.15. The molecule has 2 aromatic carbocycles. The number of carboxylic acids is 2. The summed E-state index contributed by atoms with van der Waals surface area (Å²) in [4.78, 5) is 29.4. The van der Waals surface area contributed by atoms with Gasteiger partial charge in [-0.3, -0.25) is 4.98 Å². The Balaban J connectivity index is 1.62. The Kier molecular flexibility index (Phi) is 6.18. The molecule has 5 rings (SSSR count). The fourth-order valence-corrected chi connectivity index (χ4v) is 4.73. The molecule has 1 aliphatic rings. The monoisotopic (exact) mass is 517 g/mol. The fourth-order valence-electron chi connectivity index (χ4n) is 4.38. The molecule has 0 unspecified atom stereocenters. The van der Waals surface area contributed by atoms with Crippen molar-refractivity contribution >= 4 is 35.0 Å². The number of aryl methyl sites for hydroxylation is 1. The minimum absolute atomic E-state index is 0.175. The Bertz CT molecular complexity index is 1510. The van der Waals surface area contributed by atoms with Crippen molar-refractivity contribution in [1.82, 2.24) is 10.3 Å². The number of furan rings is 1. The number of thiocarbonyl (C=S) groups is 1. The van der Waals surface area contributed by atoms with Crippen LogP contribution in [-0.4, -0.2) is 32.2 Å². The number of aromatic nitrogens is 1. The minimum atomic E-state index is -1.26. The molecule has 0 amide bonds. The van der Waals surface area contributed by atoms with E-state index in [0.29, 0.717) is 33.4 Å². The van der Waals surface area contributed by atoms with Gasteiger partial charge < -0.3 is 24.8 Å². The van der Waals surface area contributed by atoms with Crippen LogP contribution in [0.15, 0.2) is 77.3 Å². The molecule has 0 spiro atoms. The van der Waals surface area contributed by atoms with Crippen molar-refractivity contribution in [2.45, 2.75) is 19.0 Å². The molecule has 2 aromatic heterocycles. The molecule has 2 atom stereocenters. The van der Waals surface area contributed by atoms with E-state index in [1.807, 2.05) is 17.0 Å². The van der Waals surface area contributed by atoms with Crippen LogP contribution in [0.4, 0.5) is 10.1 Å². The fraction of sp³-hybridized carbons (Fsp3) is 0.111. The molecule has 37 heavy (non-hydrogen) atoms. The van der Waals surface area contributed by atoms with Crippen LogP contribution in [0.2, 0.25) is 0 Å². The lowest BCUT2D eigenvalue weighted by molar-refractivity contribution is 0.0696. The molecule has 3 N–H and O–H groups in total. The van der Waals surface area contributed by atoms with E-state index < -0.39 is 24.0 Å². The molecule has 0 aliphatic carbocycles. The standard InChI is InChI=1S/C27H20FN3O5S/c1-14-10-18(5-6-19(14)28)31-24(23(30-27(31)37)20-4-2-3-9-29-20)22-8-7-21(36-22)15-11-16(25(32)33)13-17(12-15)26(34)35/h2-13,23-24H,1H3,(H,30,37)(H,32,33)(H,34,35)/t23-,24+/m1/s1. The van der Waals surface area contributed by atoms with Gasteiger partial charge in [-0.25, -0.2) is 14.0 Å². The number of nitrogens with one attached hydrogen (secondary N) is 1. The Morgan fingerprint density at radius 3 is 2.38 bits per heavy atom. The molecule has 1 aliphatic heterocycles. The molecule has 0 radical (unpaired) electrons. The van der Waals surface area contributed by atoms with Crippen LogP contribution in [0.5, 0.6) is 0 Å². The maximum absolute atomic E-state index is 14.0. The first kappa shape index (κ1) is 24.1. The van der Waals surface area contributed by atoms with Gasteiger partial charge in [0.05, 0.1) is 22.9 Å². The maximum Gasteiger partial charge on any atom is 0.335 e. The highest BCUT2D eigenvalue weighted by Crippen LogP contribution is 2.43. The zero-order valence-electron chi connectivity index (χ0n) is 19.4. The molecule has 0 bridgehead atoms. The quantitative estimate of drug-likeness (QED) is 0.291. The van der Waals surface area contributed by atoms with Crippen LogP contribution in [-0.2, 0) is 0 Å². The van der Waals surface area contributed by atoms with Gasteiger partial charge in [-0.1, -0.05) is 6.07 Å². The SMILES string of the molecule is Cc1cc(N2C(=S)N[C@H](c3ccccn3)[C@@H]2c2ccc(-c3cc(C(=O)O)cc(C(=O)O)c3)o2)ccc1F. The average Bonchev–Trinajstić information content (AvgIpc) is 3.50. The number of aromatic carboxylic acids is 2. The third kappa shape index (κ3) is 4.54. The van der Waals surface area contributed by atoms with Crippen LogP contribution < -0.4 is 10.2 Å². The number of hydrogen-bond donors (Lipinski definition) is 3. The van der Waals surface area contributed by atoms with Crippen molar-refractivity contribution < 1.29 is 28.6 Å². The van der Waals surface area contributed by atoms with Gasteiger partial charge in [0.1, 0.15) is 23.4 Å². The molecular formula is C27H20FN3O5S. The van der Waals surface area contributed by atoms with Gasteiger partial charge in [0.15, 0.2) is 5.11 Å². The summed E-state index contributed by atoms with van der Waals surface area (Å²) >= 11 is 5.67. The first-order valence-electron chi connectivity index (χ1n) is 11.2. The van der Waals surface area contributed by atoms with Gasteiger partial charge in [0.25, 0.3) is 0 Å². The second-order valence-corrected chi connectivity index (χ2v) is 8.93. The predicted molar refractivity (Wildman–Crippen MR) is 137 cm³/mol. The first-order chi connectivity index (χ1) is 17.7. The normalized spacial score (nSPS) is 17.0. The lowest BCUT2D eigenvalue weighted by Gasteiger charge is -2.26. The number of benzene rings is 2. The summed E-state index contributed by atoms with van der Waals surface area (Å²) in [7, 11) is 0. The molecule has 3 heterocycles. The largest absolute Gasteiger partial charge is 0.478 e. The smallest absolute Gasteiger partial charge is 0.335 e. The van der Waals surface area contributed by atoms with E-state index >= 15 is 0 Å². The molecule has 4 aromatic rings. The average molecular weight is 518 g/mol. The first-order valence-corrected chi connectivity index (χ1v) is 11.6. The molecular weight excluding hydrogens is 497 g/mol. The van der Waals surface area contributed by atoms with E-state index in [-0.39, 0.29) is 22.7 Å². The number of anilines is 1. The summed E-state index contributed by atoms with van der Waals surface area (Å²) in [5.41, 5.74) is 1.76. The minimum Gasteiger partial charge on any atom is -0.478 e. The van der Waals surface area contributed by atoms with Crippen molar-refractivity contribution in [1.29, 1.82) is 0 Å². The summed E-state index contributed by atoms with van der Waals surface area (Å²) < 4.78 is 20.2. The highest BCUT2D eigenvalue weighted by atomic mass is 32.1. The van der Waals surface area contributed by atoms with E-state index in [9.17, 15) is 24.2 Å².